The molecule has 0 atom stereocenters. The number of nitrogens with zero attached hydrogens (tertiary/aromatic N) is 2. The van der Waals surface area contributed by atoms with Crippen LogP contribution in [-0.4, -0.2) is 29.9 Å². The molecule has 0 saturated heterocycles. The van der Waals surface area contributed by atoms with Gasteiger partial charge in [0.25, 0.3) is 11.8 Å². The minimum Gasteiger partial charge on any atom is -0.372 e. The van der Waals surface area contributed by atoms with Crippen molar-refractivity contribution in [1.82, 2.24) is 4.98 Å². The van der Waals surface area contributed by atoms with Gasteiger partial charge >= 0.3 is 0 Å². The third-order valence-corrected chi connectivity index (χ3v) is 5.52. The van der Waals surface area contributed by atoms with Crippen molar-refractivity contribution in [2.75, 3.05) is 28.6 Å². The van der Waals surface area contributed by atoms with Gasteiger partial charge in [-0.1, -0.05) is 17.7 Å². The Balaban J connectivity index is 1.77. The summed E-state index contributed by atoms with van der Waals surface area (Å²) in [4.78, 5) is 31.6. The Morgan fingerprint density at radius 2 is 1.66 bits per heavy atom. The van der Waals surface area contributed by atoms with E-state index in [2.05, 4.69) is 34.4 Å². The summed E-state index contributed by atoms with van der Waals surface area (Å²) >= 11 is 5.87. The van der Waals surface area contributed by atoms with Crippen molar-refractivity contribution in [3.8, 4) is 0 Å². The van der Waals surface area contributed by atoms with Crippen LogP contribution in [0, 0.1) is 13.8 Å². The van der Waals surface area contributed by atoms with Gasteiger partial charge in [0.05, 0.1) is 0 Å². The number of carbonyl (C=O) groups is 2. The fraction of sp³-hybridized carbons (Fsp3) is 0.240. The van der Waals surface area contributed by atoms with E-state index in [1.165, 1.54) is 12.3 Å². The first-order valence-corrected chi connectivity index (χ1v) is 10.9. The third kappa shape index (κ3) is 5.45. The first-order valence-electron chi connectivity index (χ1n) is 10.5. The Morgan fingerprint density at radius 1 is 0.906 bits per heavy atom. The summed E-state index contributed by atoms with van der Waals surface area (Å²) in [7, 11) is 0. The van der Waals surface area contributed by atoms with Crippen LogP contribution in [0.3, 0.4) is 0 Å². The molecule has 0 unspecified atom stereocenters. The number of benzene rings is 2. The fourth-order valence-electron chi connectivity index (χ4n) is 3.46. The van der Waals surface area contributed by atoms with E-state index in [0.717, 1.165) is 29.9 Å². The number of rotatable bonds is 7. The number of hydrogen-bond acceptors (Lipinski definition) is 4. The van der Waals surface area contributed by atoms with Crippen molar-refractivity contribution < 1.29 is 9.59 Å². The molecule has 3 rings (SSSR count). The highest BCUT2D eigenvalue weighted by molar-refractivity contribution is 6.29. The summed E-state index contributed by atoms with van der Waals surface area (Å²) in [5, 5.41) is 6.05. The van der Waals surface area contributed by atoms with Gasteiger partial charge in [0.2, 0.25) is 0 Å². The maximum absolute atomic E-state index is 13.0. The molecule has 1 heterocycles. The zero-order valence-corrected chi connectivity index (χ0v) is 19.5. The van der Waals surface area contributed by atoms with Crippen molar-refractivity contribution >= 4 is 40.5 Å². The van der Waals surface area contributed by atoms with Gasteiger partial charge < -0.3 is 15.5 Å². The second kappa shape index (κ2) is 10.3. The van der Waals surface area contributed by atoms with Gasteiger partial charge in [-0.2, -0.15) is 0 Å². The average Bonchev–Trinajstić information content (AvgIpc) is 2.77. The first kappa shape index (κ1) is 23.3. The Hall–Kier alpha value is -3.38. The van der Waals surface area contributed by atoms with Crippen LogP contribution in [0.1, 0.15) is 45.7 Å². The molecule has 0 aliphatic rings. The van der Waals surface area contributed by atoms with Crippen molar-refractivity contribution in [3.63, 3.8) is 0 Å². The van der Waals surface area contributed by atoms with E-state index in [0.29, 0.717) is 22.5 Å². The molecule has 0 aliphatic heterocycles. The molecule has 166 valence electrons. The van der Waals surface area contributed by atoms with E-state index in [9.17, 15) is 9.59 Å². The van der Waals surface area contributed by atoms with Gasteiger partial charge in [-0.25, -0.2) is 4.98 Å². The van der Waals surface area contributed by atoms with Crippen LogP contribution in [0.15, 0.2) is 54.7 Å². The van der Waals surface area contributed by atoms with Crippen LogP contribution < -0.4 is 15.5 Å². The van der Waals surface area contributed by atoms with Gasteiger partial charge in [-0.3, -0.25) is 9.59 Å². The second-order valence-electron chi connectivity index (χ2n) is 7.48. The summed E-state index contributed by atoms with van der Waals surface area (Å²) in [5.41, 5.74) is 5.11. The minimum atomic E-state index is -0.307. The minimum absolute atomic E-state index is 0.193. The number of halogens is 1. The molecule has 2 amide bonds. The van der Waals surface area contributed by atoms with E-state index < -0.39 is 0 Å². The molecule has 0 fully saturated rings. The molecule has 0 bridgehead atoms. The van der Waals surface area contributed by atoms with E-state index in [-0.39, 0.29) is 17.0 Å². The highest BCUT2D eigenvalue weighted by Crippen LogP contribution is 2.24. The Morgan fingerprint density at radius 3 is 2.31 bits per heavy atom. The molecule has 6 nitrogen and oxygen atoms in total. The van der Waals surface area contributed by atoms with E-state index in [1.54, 1.807) is 18.2 Å². The summed E-state index contributed by atoms with van der Waals surface area (Å²) < 4.78 is 0. The highest BCUT2D eigenvalue weighted by Gasteiger charge is 2.14. The molecule has 2 N–H and O–H groups in total. The average molecular weight is 451 g/mol. The lowest BCUT2D eigenvalue weighted by atomic mass is 10.1. The monoisotopic (exact) mass is 450 g/mol. The fourth-order valence-corrected chi connectivity index (χ4v) is 3.63. The number of amides is 2. The highest BCUT2D eigenvalue weighted by atomic mass is 35.5. The number of aryl methyl sites for hydroxylation is 2. The summed E-state index contributed by atoms with van der Waals surface area (Å²) in [5.74, 6) is -0.501. The molecule has 32 heavy (non-hydrogen) atoms. The van der Waals surface area contributed by atoms with Crippen molar-refractivity contribution in [2.45, 2.75) is 27.7 Å². The van der Waals surface area contributed by atoms with Crippen molar-refractivity contribution in [2.24, 2.45) is 0 Å². The standard InChI is InChI=1S/C25H27ClN4O2/c1-5-30(6-2)20-9-10-21(17(4)13-20)25(32)29-22-15-19(8-7-16(22)3)28-24(31)18-11-12-27-23(26)14-18/h7-15H,5-6H2,1-4H3,(H,28,31)(H,29,32). The molecule has 0 spiro atoms. The molecule has 1 aromatic heterocycles. The van der Waals surface area contributed by atoms with Crippen LogP contribution >= 0.6 is 11.6 Å². The summed E-state index contributed by atoms with van der Waals surface area (Å²) in [6.45, 7) is 9.87. The normalized spacial score (nSPS) is 10.5. The van der Waals surface area contributed by atoms with E-state index in [4.69, 9.17) is 11.6 Å². The number of carbonyl (C=O) groups excluding carboxylic acids is 2. The molecular weight excluding hydrogens is 424 g/mol. The molecule has 7 heteroatoms. The number of anilines is 3. The molecule has 0 aliphatic carbocycles. The molecule has 3 aromatic rings. The van der Waals surface area contributed by atoms with Crippen LogP contribution in [0.5, 0.6) is 0 Å². The molecule has 2 aromatic carbocycles. The Bertz CT molecular complexity index is 1140. The topological polar surface area (TPSA) is 74.3 Å². The predicted molar refractivity (Wildman–Crippen MR) is 131 cm³/mol. The van der Waals surface area contributed by atoms with Crippen molar-refractivity contribution in [3.05, 3.63) is 82.1 Å². The summed E-state index contributed by atoms with van der Waals surface area (Å²) in [6.07, 6.45) is 1.48. The smallest absolute Gasteiger partial charge is 0.255 e. The van der Waals surface area contributed by atoms with Gasteiger partial charge in [-0.05, 0) is 81.3 Å². The van der Waals surface area contributed by atoms with Crippen LogP contribution in [0.25, 0.3) is 0 Å². The number of hydrogen-bond donors (Lipinski definition) is 2. The second-order valence-corrected chi connectivity index (χ2v) is 7.86. The largest absolute Gasteiger partial charge is 0.372 e. The van der Waals surface area contributed by atoms with Gasteiger partial charge in [0.15, 0.2) is 0 Å². The molecule has 0 saturated carbocycles. The number of aromatic nitrogens is 1. The van der Waals surface area contributed by atoms with E-state index >= 15 is 0 Å². The third-order valence-electron chi connectivity index (χ3n) is 5.32. The van der Waals surface area contributed by atoms with Gasteiger partial charge in [0, 0.05) is 47.5 Å². The first-order chi connectivity index (χ1) is 15.3. The lowest BCUT2D eigenvalue weighted by Crippen LogP contribution is -2.22. The number of pyridine rings is 1. The molecule has 0 radical (unpaired) electrons. The predicted octanol–water partition coefficient (Wildman–Crippen LogP) is 5.70. The lowest BCUT2D eigenvalue weighted by molar-refractivity contribution is 0.101. The van der Waals surface area contributed by atoms with Crippen molar-refractivity contribution in [1.29, 1.82) is 0 Å². The summed E-state index contributed by atoms with van der Waals surface area (Å²) in [6, 6.07) is 14.3. The Kier molecular flexibility index (Phi) is 7.49. The zero-order valence-electron chi connectivity index (χ0n) is 18.7. The SMILES string of the molecule is CCN(CC)c1ccc(C(=O)Nc2cc(NC(=O)c3ccnc(Cl)c3)ccc2C)c(C)c1. The maximum Gasteiger partial charge on any atom is 0.255 e. The molecular formula is C25H27ClN4O2. The maximum atomic E-state index is 13.0. The number of nitrogens with one attached hydrogen (secondary N) is 2. The van der Waals surface area contributed by atoms with Gasteiger partial charge in [-0.15, -0.1) is 0 Å². The quantitative estimate of drug-likeness (QED) is 0.452. The van der Waals surface area contributed by atoms with E-state index in [1.807, 2.05) is 38.1 Å². The van der Waals surface area contributed by atoms with Crippen LogP contribution in [-0.2, 0) is 0 Å². The zero-order chi connectivity index (χ0) is 23.3. The van der Waals surface area contributed by atoms with Gasteiger partial charge in [0.1, 0.15) is 5.15 Å². The van der Waals surface area contributed by atoms with Crippen LogP contribution in [0.2, 0.25) is 5.15 Å². The Labute approximate surface area is 193 Å². The van der Waals surface area contributed by atoms with Crippen LogP contribution in [0.4, 0.5) is 17.1 Å². The lowest BCUT2D eigenvalue weighted by Gasteiger charge is -2.22.